The van der Waals surface area contributed by atoms with Crippen LogP contribution in [-0.2, 0) is 11.0 Å². The monoisotopic (exact) mass is 383 g/mol. The summed E-state index contributed by atoms with van der Waals surface area (Å²) < 4.78 is 43.9. The molecule has 2 aromatic rings. The third kappa shape index (κ3) is 5.09. The molecule has 2 rings (SSSR count). The van der Waals surface area contributed by atoms with Crippen LogP contribution in [0.25, 0.3) is 0 Å². The number of carbonyl (C=O) groups excluding carboxylic acids is 1. The molecular weight excluding hydrogens is 367 g/mol. The van der Waals surface area contributed by atoms with Gasteiger partial charge in [-0.3, -0.25) is 14.9 Å². The van der Waals surface area contributed by atoms with E-state index in [0.717, 1.165) is 12.1 Å². The molecule has 27 heavy (non-hydrogen) atoms. The van der Waals surface area contributed by atoms with Gasteiger partial charge in [0.1, 0.15) is 0 Å². The van der Waals surface area contributed by atoms with Gasteiger partial charge in [0.2, 0.25) is 0 Å². The third-order valence-corrected chi connectivity index (χ3v) is 3.50. The first-order valence-corrected chi connectivity index (χ1v) is 7.64. The average Bonchev–Trinajstić information content (AvgIpc) is 2.59. The minimum absolute atomic E-state index is 0.0500. The Labute approximate surface area is 152 Å². The van der Waals surface area contributed by atoms with Gasteiger partial charge in [0.25, 0.3) is 5.91 Å². The van der Waals surface area contributed by atoms with Crippen molar-refractivity contribution in [2.45, 2.75) is 6.18 Å². The fourth-order valence-corrected chi connectivity index (χ4v) is 2.26. The summed E-state index contributed by atoms with van der Waals surface area (Å²) in [7, 11) is 3.23. The highest BCUT2D eigenvalue weighted by Crippen LogP contribution is 2.35. The van der Waals surface area contributed by atoms with Crippen LogP contribution in [0.4, 0.5) is 30.2 Å². The SMILES string of the molecule is CN(C)c1ccc(C(F)(F)F)cc1NC(=O)COc1ccccc1[N+](=O)[O-]. The first-order valence-electron chi connectivity index (χ1n) is 7.64. The van der Waals surface area contributed by atoms with Gasteiger partial charge in [0, 0.05) is 20.2 Å². The molecule has 0 radical (unpaired) electrons. The van der Waals surface area contributed by atoms with Crippen molar-refractivity contribution in [2.24, 2.45) is 0 Å². The minimum Gasteiger partial charge on any atom is -0.477 e. The lowest BCUT2D eigenvalue weighted by Gasteiger charge is -2.20. The maximum atomic E-state index is 12.9. The predicted octanol–water partition coefficient (Wildman–Crippen LogP) is 3.70. The summed E-state index contributed by atoms with van der Waals surface area (Å²) >= 11 is 0. The number of nitro groups is 1. The zero-order chi connectivity index (χ0) is 20.2. The number of carbonyl (C=O) groups is 1. The molecule has 0 aliphatic rings. The number of anilines is 2. The van der Waals surface area contributed by atoms with E-state index >= 15 is 0 Å². The number of halogens is 3. The van der Waals surface area contributed by atoms with Gasteiger partial charge in [-0.15, -0.1) is 0 Å². The molecule has 0 bridgehead atoms. The lowest BCUT2D eigenvalue weighted by atomic mass is 10.1. The van der Waals surface area contributed by atoms with E-state index in [2.05, 4.69) is 5.32 Å². The molecule has 1 N–H and O–H groups in total. The molecule has 0 aliphatic heterocycles. The number of rotatable bonds is 6. The predicted molar refractivity (Wildman–Crippen MR) is 93.0 cm³/mol. The Morgan fingerprint density at radius 2 is 1.89 bits per heavy atom. The summed E-state index contributed by atoms with van der Waals surface area (Å²) in [6.07, 6.45) is -4.56. The van der Waals surface area contributed by atoms with Gasteiger partial charge >= 0.3 is 11.9 Å². The maximum Gasteiger partial charge on any atom is 0.416 e. The minimum atomic E-state index is -4.56. The molecular formula is C17H16F3N3O4. The number of nitrogens with one attached hydrogen (secondary N) is 1. The number of benzene rings is 2. The number of alkyl halides is 3. The Balaban J connectivity index is 2.17. The van der Waals surface area contributed by atoms with Gasteiger partial charge < -0.3 is 15.0 Å². The van der Waals surface area contributed by atoms with Gasteiger partial charge in [-0.25, -0.2) is 0 Å². The summed E-state index contributed by atoms with van der Waals surface area (Å²) in [5.74, 6) is -0.870. The molecule has 0 spiro atoms. The summed E-state index contributed by atoms with van der Waals surface area (Å²) in [6.45, 7) is -0.603. The van der Waals surface area contributed by atoms with Crippen LogP contribution in [0.5, 0.6) is 5.75 Å². The van der Waals surface area contributed by atoms with Crippen LogP contribution in [0.1, 0.15) is 5.56 Å². The van der Waals surface area contributed by atoms with Crippen molar-refractivity contribution in [1.82, 2.24) is 0 Å². The third-order valence-electron chi connectivity index (χ3n) is 3.50. The van der Waals surface area contributed by atoms with Crippen LogP contribution in [0.3, 0.4) is 0 Å². The van der Waals surface area contributed by atoms with Crippen molar-refractivity contribution < 1.29 is 27.6 Å². The van der Waals surface area contributed by atoms with Gasteiger partial charge in [-0.05, 0) is 24.3 Å². The standard InChI is InChI=1S/C17H16F3N3O4/c1-22(2)13-8-7-11(17(18,19)20)9-12(13)21-16(24)10-27-15-6-4-3-5-14(15)23(25)26/h3-9H,10H2,1-2H3,(H,21,24). The van der Waals surface area contributed by atoms with Crippen LogP contribution in [0, 0.1) is 10.1 Å². The van der Waals surface area contributed by atoms with Crippen LogP contribution in [0.15, 0.2) is 42.5 Å². The number of para-hydroxylation sites is 2. The van der Waals surface area contributed by atoms with Crippen LogP contribution in [0.2, 0.25) is 0 Å². The first-order chi connectivity index (χ1) is 12.6. The van der Waals surface area contributed by atoms with Gasteiger partial charge in [-0.1, -0.05) is 12.1 Å². The number of ether oxygens (including phenoxy) is 1. The highest BCUT2D eigenvalue weighted by molar-refractivity contribution is 5.95. The van der Waals surface area contributed by atoms with E-state index in [4.69, 9.17) is 4.74 Å². The number of hydrogen-bond donors (Lipinski definition) is 1. The van der Waals surface area contributed by atoms with E-state index in [-0.39, 0.29) is 17.1 Å². The summed E-state index contributed by atoms with van der Waals surface area (Å²) in [6, 6.07) is 8.44. The van der Waals surface area contributed by atoms with E-state index in [9.17, 15) is 28.1 Å². The number of amides is 1. The van der Waals surface area contributed by atoms with Crippen LogP contribution in [-0.4, -0.2) is 31.5 Å². The molecule has 0 aliphatic carbocycles. The molecule has 144 valence electrons. The molecule has 0 saturated carbocycles. The normalized spacial score (nSPS) is 11.0. The average molecular weight is 383 g/mol. The van der Waals surface area contributed by atoms with Crippen molar-refractivity contribution in [3.05, 3.63) is 58.1 Å². The highest BCUT2D eigenvalue weighted by Gasteiger charge is 2.31. The van der Waals surface area contributed by atoms with Crippen LogP contribution < -0.4 is 15.0 Å². The smallest absolute Gasteiger partial charge is 0.416 e. The molecule has 0 heterocycles. The zero-order valence-corrected chi connectivity index (χ0v) is 14.4. The lowest BCUT2D eigenvalue weighted by molar-refractivity contribution is -0.385. The molecule has 0 fully saturated rings. The van der Waals surface area contributed by atoms with Crippen molar-refractivity contribution >= 4 is 23.0 Å². The molecule has 0 unspecified atom stereocenters. The van der Waals surface area contributed by atoms with Gasteiger partial charge in [-0.2, -0.15) is 13.2 Å². The largest absolute Gasteiger partial charge is 0.477 e. The quantitative estimate of drug-likeness (QED) is 0.607. The summed E-state index contributed by atoms with van der Waals surface area (Å²) in [5.41, 5.74) is -0.922. The summed E-state index contributed by atoms with van der Waals surface area (Å²) in [5, 5.41) is 13.3. The fourth-order valence-electron chi connectivity index (χ4n) is 2.26. The first kappa shape index (κ1) is 20.0. The number of hydrogen-bond acceptors (Lipinski definition) is 5. The van der Waals surface area contributed by atoms with Crippen molar-refractivity contribution in [3.63, 3.8) is 0 Å². The molecule has 0 saturated heterocycles. The van der Waals surface area contributed by atoms with E-state index in [1.165, 1.54) is 30.3 Å². The topological polar surface area (TPSA) is 84.7 Å². The summed E-state index contributed by atoms with van der Waals surface area (Å²) in [4.78, 5) is 23.9. The van der Waals surface area contributed by atoms with Gasteiger partial charge in [0.15, 0.2) is 12.4 Å². The number of nitro benzene ring substituents is 1. The fraction of sp³-hybridized carbons (Fsp3) is 0.235. The molecule has 7 nitrogen and oxygen atoms in total. The van der Waals surface area contributed by atoms with Crippen molar-refractivity contribution in [1.29, 1.82) is 0 Å². The molecule has 2 aromatic carbocycles. The zero-order valence-electron chi connectivity index (χ0n) is 14.4. The van der Waals surface area contributed by atoms with E-state index in [0.29, 0.717) is 5.69 Å². The Morgan fingerprint density at radius 1 is 1.22 bits per heavy atom. The van der Waals surface area contributed by atoms with E-state index < -0.39 is 29.2 Å². The van der Waals surface area contributed by atoms with Crippen molar-refractivity contribution in [2.75, 3.05) is 30.9 Å². The molecule has 10 heteroatoms. The highest BCUT2D eigenvalue weighted by atomic mass is 19.4. The van der Waals surface area contributed by atoms with Gasteiger partial charge in [0.05, 0.1) is 21.9 Å². The molecule has 1 amide bonds. The Morgan fingerprint density at radius 3 is 2.48 bits per heavy atom. The molecule has 0 aromatic heterocycles. The Bertz CT molecular complexity index is 854. The van der Waals surface area contributed by atoms with Crippen molar-refractivity contribution in [3.8, 4) is 5.75 Å². The number of nitrogens with zero attached hydrogens (tertiary/aromatic N) is 2. The Hall–Kier alpha value is -3.30. The van der Waals surface area contributed by atoms with E-state index in [1.807, 2.05) is 0 Å². The van der Waals surface area contributed by atoms with Crippen LogP contribution >= 0.6 is 0 Å². The van der Waals surface area contributed by atoms with E-state index in [1.54, 1.807) is 19.0 Å². The lowest BCUT2D eigenvalue weighted by Crippen LogP contribution is -2.23. The second kappa shape index (κ2) is 7.94. The maximum absolute atomic E-state index is 12.9. The second-order valence-electron chi connectivity index (χ2n) is 5.69. The second-order valence-corrected chi connectivity index (χ2v) is 5.69. The Kier molecular flexibility index (Phi) is 5.88. The molecule has 0 atom stereocenters.